The number of allylic oxidation sites excluding steroid dienone is 1. The Bertz CT molecular complexity index is 226. The average Bonchev–Trinajstić information content (AvgIpc) is 2.27. The Kier molecular flexibility index (Phi) is 5.40. The Balaban J connectivity index is 2.35. The average molecular weight is 210 g/mol. The molecule has 3 N–H and O–H groups in total. The summed E-state index contributed by atoms with van der Waals surface area (Å²) < 4.78 is 0. The third-order valence-electron chi connectivity index (χ3n) is 2.91. The van der Waals surface area contributed by atoms with Crippen LogP contribution in [0.1, 0.15) is 39.0 Å². The van der Waals surface area contributed by atoms with Gasteiger partial charge in [-0.1, -0.05) is 25.5 Å². The van der Waals surface area contributed by atoms with Crippen molar-refractivity contribution in [3.63, 3.8) is 0 Å². The van der Waals surface area contributed by atoms with Crippen LogP contribution < -0.4 is 11.1 Å². The minimum atomic E-state index is 0.000839. The molecule has 1 aliphatic carbocycles. The predicted octanol–water partition coefficient (Wildman–Crippen LogP) is 1.59. The fourth-order valence-electron chi connectivity index (χ4n) is 1.95. The van der Waals surface area contributed by atoms with Crippen LogP contribution in [0.4, 0.5) is 0 Å². The van der Waals surface area contributed by atoms with Gasteiger partial charge < -0.3 is 11.1 Å². The highest BCUT2D eigenvalue weighted by atomic mass is 16.1. The molecule has 2 unspecified atom stereocenters. The molecule has 0 fully saturated rings. The highest BCUT2D eigenvalue weighted by Gasteiger charge is 2.19. The molecule has 0 bridgehead atoms. The fourth-order valence-corrected chi connectivity index (χ4v) is 1.95. The second kappa shape index (κ2) is 6.62. The molecule has 1 aliphatic rings. The Morgan fingerprint density at radius 1 is 1.60 bits per heavy atom. The number of carbonyl (C=O) groups is 1. The van der Waals surface area contributed by atoms with Gasteiger partial charge >= 0.3 is 0 Å². The van der Waals surface area contributed by atoms with Gasteiger partial charge in [-0.25, -0.2) is 0 Å². The molecule has 0 aromatic rings. The van der Waals surface area contributed by atoms with Crippen molar-refractivity contribution < 1.29 is 4.79 Å². The van der Waals surface area contributed by atoms with E-state index in [1.807, 2.05) is 0 Å². The molecule has 1 rings (SSSR count). The molecule has 0 aromatic heterocycles. The number of carbonyl (C=O) groups excluding carboxylic acids is 1. The minimum Gasteiger partial charge on any atom is -0.353 e. The van der Waals surface area contributed by atoms with Crippen LogP contribution in [0.25, 0.3) is 0 Å². The van der Waals surface area contributed by atoms with Crippen LogP contribution in [-0.2, 0) is 4.79 Å². The zero-order chi connectivity index (χ0) is 11.1. The summed E-state index contributed by atoms with van der Waals surface area (Å²) in [5, 5.41) is 3.08. The van der Waals surface area contributed by atoms with Crippen molar-refractivity contribution in [3.05, 3.63) is 12.2 Å². The number of rotatable bonds is 5. The highest BCUT2D eigenvalue weighted by molar-refractivity contribution is 5.79. The first-order valence-corrected chi connectivity index (χ1v) is 5.93. The van der Waals surface area contributed by atoms with Gasteiger partial charge in [0, 0.05) is 12.6 Å². The molecule has 0 radical (unpaired) electrons. The van der Waals surface area contributed by atoms with Gasteiger partial charge in [0.05, 0.1) is 5.92 Å². The van der Waals surface area contributed by atoms with Gasteiger partial charge in [-0.3, -0.25) is 4.79 Å². The molecule has 0 aliphatic heterocycles. The Morgan fingerprint density at radius 3 is 2.93 bits per heavy atom. The molecular weight excluding hydrogens is 188 g/mol. The van der Waals surface area contributed by atoms with Crippen LogP contribution in [0.3, 0.4) is 0 Å². The van der Waals surface area contributed by atoms with Gasteiger partial charge in [-0.2, -0.15) is 0 Å². The van der Waals surface area contributed by atoms with E-state index in [9.17, 15) is 4.79 Å². The maximum absolute atomic E-state index is 11.8. The standard InChI is InChI=1S/C12H22N2O/c1-2-6-10(9-13)12(15)14-11-7-4-3-5-8-11/h3-4,10-11H,2,5-9,13H2,1H3,(H,14,15). The molecule has 2 atom stereocenters. The third-order valence-corrected chi connectivity index (χ3v) is 2.91. The number of amides is 1. The molecule has 86 valence electrons. The largest absolute Gasteiger partial charge is 0.353 e. The van der Waals surface area contributed by atoms with E-state index in [0.29, 0.717) is 12.6 Å². The lowest BCUT2D eigenvalue weighted by Crippen LogP contribution is -2.41. The van der Waals surface area contributed by atoms with Crippen LogP contribution in [-0.4, -0.2) is 18.5 Å². The number of hydrogen-bond acceptors (Lipinski definition) is 2. The van der Waals surface area contributed by atoms with Crippen LogP contribution in [0.2, 0.25) is 0 Å². The molecule has 3 heteroatoms. The highest BCUT2D eigenvalue weighted by Crippen LogP contribution is 2.12. The van der Waals surface area contributed by atoms with Crippen molar-refractivity contribution in [1.82, 2.24) is 5.32 Å². The molecule has 1 amide bonds. The lowest BCUT2D eigenvalue weighted by atomic mass is 9.99. The second-order valence-corrected chi connectivity index (χ2v) is 4.21. The van der Waals surface area contributed by atoms with Crippen LogP contribution in [0, 0.1) is 5.92 Å². The van der Waals surface area contributed by atoms with Crippen molar-refractivity contribution in [3.8, 4) is 0 Å². The van der Waals surface area contributed by atoms with Crippen molar-refractivity contribution in [2.45, 2.75) is 45.1 Å². The maximum Gasteiger partial charge on any atom is 0.224 e. The fraction of sp³-hybridized carbons (Fsp3) is 0.750. The zero-order valence-electron chi connectivity index (χ0n) is 9.54. The van der Waals surface area contributed by atoms with E-state index in [1.54, 1.807) is 0 Å². The summed E-state index contributed by atoms with van der Waals surface area (Å²) in [5.74, 6) is 0.139. The molecular formula is C12H22N2O. The summed E-state index contributed by atoms with van der Waals surface area (Å²) in [5.41, 5.74) is 5.59. The molecule has 0 aromatic carbocycles. The predicted molar refractivity (Wildman–Crippen MR) is 62.4 cm³/mol. The van der Waals surface area contributed by atoms with Crippen LogP contribution in [0.5, 0.6) is 0 Å². The summed E-state index contributed by atoms with van der Waals surface area (Å²) in [6.45, 7) is 2.54. The van der Waals surface area contributed by atoms with Crippen LogP contribution in [0.15, 0.2) is 12.2 Å². The van der Waals surface area contributed by atoms with E-state index in [4.69, 9.17) is 5.73 Å². The quantitative estimate of drug-likeness (QED) is 0.677. The van der Waals surface area contributed by atoms with Gasteiger partial charge in [-0.05, 0) is 25.7 Å². The zero-order valence-corrected chi connectivity index (χ0v) is 9.54. The molecule has 3 nitrogen and oxygen atoms in total. The first-order chi connectivity index (χ1) is 7.27. The van der Waals surface area contributed by atoms with Gasteiger partial charge in [-0.15, -0.1) is 0 Å². The van der Waals surface area contributed by atoms with E-state index in [-0.39, 0.29) is 11.8 Å². The van der Waals surface area contributed by atoms with E-state index in [1.165, 1.54) is 0 Å². The van der Waals surface area contributed by atoms with E-state index in [2.05, 4.69) is 24.4 Å². The van der Waals surface area contributed by atoms with Gasteiger partial charge in [0.15, 0.2) is 0 Å². The lowest BCUT2D eigenvalue weighted by Gasteiger charge is -2.22. The van der Waals surface area contributed by atoms with Gasteiger partial charge in [0.2, 0.25) is 5.91 Å². The van der Waals surface area contributed by atoms with E-state index < -0.39 is 0 Å². The Morgan fingerprint density at radius 2 is 2.40 bits per heavy atom. The first kappa shape index (κ1) is 12.2. The van der Waals surface area contributed by atoms with Crippen LogP contribution >= 0.6 is 0 Å². The summed E-state index contributed by atoms with van der Waals surface area (Å²) in [4.78, 5) is 11.8. The summed E-state index contributed by atoms with van der Waals surface area (Å²) >= 11 is 0. The number of hydrogen-bond donors (Lipinski definition) is 2. The molecule has 15 heavy (non-hydrogen) atoms. The summed E-state index contributed by atoms with van der Waals surface area (Å²) in [7, 11) is 0. The molecule has 0 saturated carbocycles. The van der Waals surface area contributed by atoms with Crippen molar-refractivity contribution >= 4 is 5.91 Å². The monoisotopic (exact) mass is 210 g/mol. The van der Waals surface area contributed by atoms with Gasteiger partial charge in [0.1, 0.15) is 0 Å². The summed E-state index contributed by atoms with van der Waals surface area (Å²) in [6.07, 6.45) is 9.33. The van der Waals surface area contributed by atoms with Crippen molar-refractivity contribution in [2.24, 2.45) is 11.7 Å². The molecule has 0 spiro atoms. The van der Waals surface area contributed by atoms with Crippen molar-refractivity contribution in [2.75, 3.05) is 6.54 Å². The molecule has 0 saturated heterocycles. The SMILES string of the molecule is CCCC(CN)C(=O)NC1CC=CCC1. The van der Waals surface area contributed by atoms with E-state index >= 15 is 0 Å². The third kappa shape index (κ3) is 4.04. The molecule has 0 heterocycles. The first-order valence-electron chi connectivity index (χ1n) is 5.93. The lowest BCUT2D eigenvalue weighted by molar-refractivity contribution is -0.125. The summed E-state index contributed by atoms with van der Waals surface area (Å²) in [6, 6.07) is 0.327. The van der Waals surface area contributed by atoms with E-state index in [0.717, 1.165) is 32.1 Å². The second-order valence-electron chi connectivity index (χ2n) is 4.21. The normalized spacial score (nSPS) is 22.4. The number of nitrogens with two attached hydrogens (primary N) is 1. The number of nitrogens with one attached hydrogen (secondary N) is 1. The maximum atomic E-state index is 11.8. The Labute approximate surface area is 92.1 Å². The smallest absolute Gasteiger partial charge is 0.224 e. The minimum absolute atomic E-state index is 0.000839. The topological polar surface area (TPSA) is 55.1 Å². The Hall–Kier alpha value is -0.830. The van der Waals surface area contributed by atoms with Crippen molar-refractivity contribution in [1.29, 1.82) is 0 Å². The van der Waals surface area contributed by atoms with Gasteiger partial charge in [0.25, 0.3) is 0 Å².